The number of aromatic carboxylic acids is 1. The number of ether oxygens (including phenoxy) is 2. The molecule has 0 aromatic heterocycles. The lowest BCUT2D eigenvalue weighted by molar-refractivity contribution is 0.0696. The molecule has 2 rings (SSSR count). The predicted octanol–water partition coefficient (Wildman–Crippen LogP) is 3.93. The van der Waals surface area contributed by atoms with Crippen molar-refractivity contribution in [3.63, 3.8) is 0 Å². The highest BCUT2D eigenvalue weighted by molar-refractivity contribution is 6.30. The zero-order valence-electron chi connectivity index (χ0n) is 11.7. The van der Waals surface area contributed by atoms with Crippen molar-refractivity contribution in [3.8, 4) is 11.5 Å². The number of benzene rings is 2. The van der Waals surface area contributed by atoms with Gasteiger partial charge >= 0.3 is 5.97 Å². The Morgan fingerprint density at radius 3 is 2.62 bits per heavy atom. The molecular formula is C16H15ClO4. The Bertz CT molecular complexity index is 667. The minimum atomic E-state index is -0.986. The molecule has 4 nitrogen and oxygen atoms in total. The van der Waals surface area contributed by atoms with E-state index in [2.05, 4.69) is 0 Å². The molecule has 0 saturated heterocycles. The molecule has 0 atom stereocenters. The van der Waals surface area contributed by atoms with Gasteiger partial charge < -0.3 is 14.6 Å². The number of carboxylic acid groups (broad SMARTS) is 1. The number of halogens is 1. The number of carbonyl (C=O) groups is 1. The lowest BCUT2D eigenvalue weighted by Gasteiger charge is -2.12. The van der Waals surface area contributed by atoms with Crippen molar-refractivity contribution >= 4 is 17.6 Å². The van der Waals surface area contributed by atoms with Crippen molar-refractivity contribution in [2.75, 3.05) is 7.11 Å². The van der Waals surface area contributed by atoms with Crippen LogP contribution in [0.15, 0.2) is 36.4 Å². The van der Waals surface area contributed by atoms with Gasteiger partial charge in [0, 0.05) is 10.6 Å². The fourth-order valence-corrected chi connectivity index (χ4v) is 2.10. The van der Waals surface area contributed by atoms with Crippen LogP contribution in [0.3, 0.4) is 0 Å². The molecule has 5 heteroatoms. The maximum Gasteiger partial charge on any atom is 0.335 e. The van der Waals surface area contributed by atoms with E-state index in [0.717, 1.165) is 11.1 Å². The highest BCUT2D eigenvalue weighted by Gasteiger charge is 2.09. The van der Waals surface area contributed by atoms with Crippen LogP contribution in [0.1, 0.15) is 21.5 Å². The van der Waals surface area contributed by atoms with Crippen molar-refractivity contribution in [1.29, 1.82) is 0 Å². The Morgan fingerprint density at radius 1 is 1.19 bits per heavy atom. The van der Waals surface area contributed by atoms with E-state index in [1.807, 2.05) is 6.92 Å². The van der Waals surface area contributed by atoms with Gasteiger partial charge in [-0.1, -0.05) is 17.7 Å². The summed E-state index contributed by atoms with van der Waals surface area (Å²) in [6.45, 7) is 2.10. The third-order valence-corrected chi connectivity index (χ3v) is 3.30. The number of hydrogen-bond acceptors (Lipinski definition) is 3. The van der Waals surface area contributed by atoms with Gasteiger partial charge in [-0.2, -0.15) is 0 Å². The molecule has 0 aliphatic rings. The average molecular weight is 307 g/mol. The first-order valence-electron chi connectivity index (χ1n) is 6.30. The molecule has 2 aromatic carbocycles. The van der Waals surface area contributed by atoms with Crippen LogP contribution >= 0.6 is 11.6 Å². The predicted molar refractivity (Wildman–Crippen MR) is 80.5 cm³/mol. The van der Waals surface area contributed by atoms with E-state index in [9.17, 15) is 4.79 Å². The molecule has 0 spiro atoms. The minimum absolute atomic E-state index is 0.189. The average Bonchev–Trinajstić information content (AvgIpc) is 2.46. The van der Waals surface area contributed by atoms with Gasteiger partial charge in [-0.15, -0.1) is 0 Å². The second-order valence-corrected chi connectivity index (χ2v) is 4.97. The van der Waals surface area contributed by atoms with Gasteiger partial charge in [0.1, 0.15) is 18.1 Å². The monoisotopic (exact) mass is 306 g/mol. The summed E-state index contributed by atoms with van der Waals surface area (Å²) in [7, 11) is 1.57. The van der Waals surface area contributed by atoms with E-state index < -0.39 is 5.97 Å². The van der Waals surface area contributed by atoms with Gasteiger partial charge in [-0.3, -0.25) is 0 Å². The molecule has 0 radical (unpaired) electrons. The third-order valence-electron chi connectivity index (χ3n) is 3.06. The number of rotatable bonds is 5. The Kier molecular flexibility index (Phi) is 4.70. The van der Waals surface area contributed by atoms with Crippen LogP contribution in [0, 0.1) is 6.92 Å². The smallest absolute Gasteiger partial charge is 0.335 e. The summed E-state index contributed by atoms with van der Waals surface area (Å²) in [6, 6.07) is 10.0. The van der Waals surface area contributed by atoms with Gasteiger partial charge in [0.05, 0.1) is 12.7 Å². The summed E-state index contributed by atoms with van der Waals surface area (Å²) in [5.74, 6) is 0.212. The summed E-state index contributed by atoms with van der Waals surface area (Å²) in [4.78, 5) is 11.0. The number of methoxy groups -OCH3 is 1. The molecule has 0 amide bonds. The molecule has 0 fully saturated rings. The van der Waals surface area contributed by atoms with E-state index in [1.165, 1.54) is 6.07 Å². The number of hydrogen-bond donors (Lipinski definition) is 1. The highest BCUT2D eigenvalue weighted by atomic mass is 35.5. The van der Waals surface area contributed by atoms with Crippen molar-refractivity contribution in [2.24, 2.45) is 0 Å². The molecule has 0 saturated carbocycles. The SMILES string of the molecule is COc1ccc(Cl)cc1COc1cc(C(=O)O)ccc1C. The first-order chi connectivity index (χ1) is 10.0. The molecular weight excluding hydrogens is 292 g/mol. The fourth-order valence-electron chi connectivity index (χ4n) is 1.90. The standard InChI is InChI=1S/C16H15ClO4/c1-10-3-4-11(16(18)19)8-15(10)21-9-12-7-13(17)5-6-14(12)20-2/h3-8H,9H2,1-2H3,(H,18,19). The van der Waals surface area contributed by atoms with Crippen molar-refractivity contribution in [3.05, 3.63) is 58.1 Å². The van der Waals surface area contributed by atoms with Crippen LogP contribution in [-0.2, 0) is 6.61 Å². The van der Waals surface area contributed by atoms with Gasteiger partial charge in [-0.05, 0) is 42.8 Å². The summed E-state index contributed by atoms with van der Waals surface area (Å²) in [5, 5.41) is 9.60. The first kappa shape index (κ1) is 15.2. The third kappa shape index (κ3) is 3.67. The van der Waals surface area contributed by atoms with Crippen LogP contribution in [-0.4, -0.2) is 18.2 Å². The van der Waals surface area contributed by atoms with Crippen LogP contribution in [0.25, 0.3) is 0 Å². The summed E-state index contributed by atoms with van der Waals surface area (Å²) in [5.41, 5.74) is 1.85. The molecule has 110 valence electrons. The van der Waals surface area contributed by atoms with Gasteiger partial charge in [0.25, 0.3) is 0 Å². The zero-order valence-corrected chi connectivity index (χ0v) is 12.5. The normalized spacial score (nSPS) is 10.2. The Morgan fingerprint density at radius 2 is 1.95 bits per heavy atom. The summed E-state index contributed by atoms with van der Waals surface area (Å²) >= 11 is 5.96. The molecule has 1 N–H and O–H groups in total. The Hall–Kier alpha value is -2.20. The molecule has 0 aliphatic carbocycles. The van der Waals surface area contributed by atoms with E-state index in [0.29, 0.717) is 16.5 Å². The summed E-state index contributed by atoms with van der Waals surface area (Å²) < 4.78 is 11.0. The number of aryl methyl sites for hydroxylation is 1. The van der Waals surface area contributed by atoms with Crippen LogP contribution in [0.5, 0.6) is 11.5 Å². The maximum atomic E-state index is 11.0. The quantitative estimate of drug-likeness (QED) is 0.909. The largest absolute Gasteiger partial charge is 0.496 e. The second-order valence-electron chi connectivity index (χ2n) is 4.53. The van der Waals surface area contributed by atoms with E-state index in [1.54, 1.807) is 37.4 Å². The van der Waals surface area contributed by atoms with Crippen molar-refractivity contribution in [2.45, 2.75) is 13.5 Å². The Labute approximate surface area is 127 Å². The topological polar surface area (TPSA) is 55.8 Å². The number of carboxylic acids is 1. The minimum Gasteiger partial charge on any atom is -0.496 e. The molecule has 0 aliphatic heterocycles. The molecule has 0 bridgehead atoms. The molecule has 0 heterocycles. The van der Waals surface area contributed by atoms with E-state index >= 15 is 0 Å². The van der Waals surface area contributed by atoms with Gasteiger partial charge in [-0.25, -0.2) is 4.79 Å². The van der Waals surface area contributed by atoms with E-state index in [4.69, 9.17) is 26.2 Å². The first-order valence-corrected chi connectivity index (χ1v) is 6.68. The van der Waals surface area contributed by atoms with Crippen LogP contribution in [0.4, 0.5) is 0 Å². The Balaban J connectivity index is 2.22. The van der Waals surface area contributed by atoms with Crippen LogP contribution < -0.4 is 9.47 Å². The fraction of sp³-hybridized carbons (Fsp3) is 0.188. The van der Waals surface area contributed by atoms with Crippen molar-refractivity contribution in [1.82, 2.24) is 0 Å². The maximum absolute atomic E-state index is 11.0. The van der Waals surface area contributed by atoms with Crippen molar-refractivity contribution < 1.29 is 19.4 Å². The molecule has 2 aromatic rings. The lowest BCUT2D eigenvalue weighted by atomic mass is 10.1. The van der Waals surface area contributed by atoms with E-state index in [-0.39, 0.29) is 12.2 Å². The molecule has 0 unspecified atom stereocenters. The van der Waals surface area contributed by atoms with Gasteiger partial charge in [0.2, 0.25) is 0 Å². The van der Waals surface area contributed by atoms with Gasteiger partial charge in [0.15, 0.2) is 0 Å². The van der Waals surface area contributed by atoms with Crippen LogP contribution in [0.2, 0.25) is 5.02 Å². The zero-order chi connectivity index (χ0) is 15.4. The molecule has 21 heavy (non-hydrogen) atoms. The summed E-state index contributed by atoms with van der Waals surface area (Å²) in [6.07, 6.45) is 0. The highest BCUT2D eigenvalue weighted by Crippen LogP contribution is 2.26. The lowest BCUT2D eigenvalue weighted by Crippen LogP contribution is -2.02. The second kappa shape index (κ2) is 6.50.